The fourth-order valence-electron chi connectivity index (χ4n) is 2.26. The number of nitrogens with zero attached hydrogens (tertiary/aromatic N) is 1. The van der Waals surface area contributed by atoms with Gasteiger partial charge in [0.1, 0.15) is 10.8 Å². The highest BCUT2D eigenvalue weighted by Gasteiger charge is 2.11. The highest BCUT2D eigenvalue weighted by Crippen LogP contribution is 2.37. The fraction of sp³-hybridized carbons (Fsp3) is 0.111. The summed E-state index contributed by atoms with van der Waals surface area (Å²) in [5.41, 5.74) is 8.53. The molecule has 0 aliphatic carbocycles. The number of nitrogens with two attached hydrogens (primary N) is 1. The van der Waals surface area contributed by atoms with Gasteiger partial charge >= 0.3 is 0 Å². The lowest BCUT2D eigenvalue weighted by atomic mass is 10.1. The predicted molar refractivity (Wildman–Crippen MR) is 97.3 cm³/mol. The number of pyridine rings is 1. The topological polar surface area (TPSA) is 77.2 Å². The van der Waals surface area contributed by atoms with Crippen molar-refractivity contribution in [2.45, 2.75) is 6.42 Å². The number of amides is 1. The molecule has 0 radical (unpaired) electrons. The first-order valence-electron chi connectivity index (χ1n) is 7.38. The highest BCUT2D eigenvalue weighted by molar-refractivity contribution is 7.20. The zero-order valence-corrected chi connectivity index (χ0v) is 14.0. The van der Waals surface area contributed by atoms with Crippen molar-refractivity contribution in [1.82, 2.24) is 4.98 Å². The maximum absolute atomic E-state index is 12.2. The van der Waals surface area contributed by atoms with Gasteiger partial charge in [-0.2, -0.15) is 0 Å². The van der Waals surface area contributed by atoms with Crippen LogP contribution in [0.15, 0.2) is 54.9 Å². The van der Waals surface area contributed by atoms with E-state index in [2.05, 4.69) is 10.3 Å². The first-order chi connectivity index (χ1) is 11.7. The quantitative estimate of drug-likeness (QED) is 0.745. The molecule has 1 amide bonds. The molecule has 2 heterocycles. The van der Waals surface area contributed by atoms with Gasteiger partial charge in [-0.25, -0.2) is 0 Å². The molecule has 0 saturated carbocycles. The van der Waals surface area contributed by atoms with Crippen molar-refractivity contribution in [1.29, 1.82) is 0 Å². The van der Waals surface area contributed by atoms with Crippen LogP contribution in [-0.4, -0.2) is 18.0 Å². The van der Waals surface area contributed by atoms with Gasteiger partial charge in [0.25, 0.3) is 0 Å². The highest BCUT2D eigenvalue weighted by atomic mass is 32.1. The molecule has 6 heteroatoms. The van der Waals surface area contributed by atoms with Gasteiger partial charge in [0.15, 0.2) is 0 Å². The number of hydrogen-bond acceptors (Lipinski definition) is 5. The number of rotatable bonds is 5. The number of benzene rings is 1. The molecule has 1 aromatic carbocycles. The van der Waals surface area contributed by atoms with Gasteiger partial charge in [-0.15, -0.1) is 11.3 Å². The third-order valence-electron chi connectivity index (χ3n) is 3.50. The lowest BCUT2D eigenvalue weighted by Gasteiger charge is -2.05. The van der Waals surface area contributed by atoms with E-state index in [4.69, 9.17) is 10.5 Å². The molecule has 0 spiro atoms. The third-order valence-corrected chi connectivity index (χ3v) is 4.62. The van der Waals surface area contributed by atoms with Crippen LogP contribution in [0.2, 0.25) is 0 Å². The van der Waals surface area contributed by atoms with Gasteiger partial charge in [-0.1, -0.05) is 12.1 Å². The summed E-state index contributed by atoms with van der Waals surface area (Å²) in [7, 11) is 1.61. The minimum atomic E-state index is -0.102. The second kappa shape index (κ2) is 7.14. The molecule has 0 aliphatic rings. The van der Waals surface area contributed by atoms with E-state index in [1.54, 1.807) is 19.5 Å². The largest absolute Gasteiger partial charge is 0.497 e. The number of hydrogen-bond donors (Lipinski definition) is 2. The van der Waals surface area contributed by atoms with Gasteiger partial charge in [-0.05, 0) is 41.5 Å². The van der Waals surface area contributed by atoms with Crippen molar-refractivity contribution in [2.24, 2.45) is 0 Å². The summed E-state index contributed by atoms with van der Waals surface area (Å²) in [5.74, 6) is 0.665. The number of carbonyl (C=O) groups is 1. The Balaban J connectivity index is 1.69. The van der Waals surface area contributed by atoms with Gasteiger partial charge in [0.05, 0.1) is 19.2 Å². The van der Waals surface area contributed by atoms with Crippen molar-refractivity contribution in [3.63, 3.8) is 0 Å². The van der Waals surface area contributed by atoms with Crippen molar-refractivity contribution in [3.05, 3.63) is 60.4 Å². The average Bonchev–Trinajstić information content (AvgIpc) is 2.97. The summed E-state index contributed by atoms with van der Waals surface area (Å²) in [6.07, 6.45) is 3.74. The lowest BCUT2D eigenvalue weighted by Crippen LogP contribution is -2.14. The summed E-state index contributed by atoms with van der Waals surface area (Å²) < 4.78 is 5.11. The van der Waals surface area contributed by atoms with Crippen molar-refractivity contribution in [3.8, 4) is 16.2 Å². The van der Waals surface area contributed by atoms with Gasteiger partial charge in [-0.3, -0.25) is 9.78 Å². The fourth-order valence-corrected chi connectivity index (χ4v) is 3.26. The van der Waals surface area contributed by atoms with Crippen LogP contribution in [-0.2, 0) is 11.2 Å². The maximum Gasteiger partial charge on any atom is 0.229 e. The Morgan fingerprint density at radius 3 is 2.58 bits per heavy atom. The van der Waals surface area contributed by atoms with Crippen LogP contribution >= 0.6 is 11.3 Å². The number of methoxy groups -OCH3 is 1. The Bertz CT molecular complexity index is 829. The molecule has 0 atom stereocenters. The number of carbonyl (C=O) groups excluding carboxylic acids is 1. The monoisotopic (exact) mass is 339 g/mol. The zero-order chi connectivity index (χ0) is 16.9. The minimum Gasteiger partial charge on any atom is -0.497 e. The summed E-state index contributed by atoms with van der Waals surface area (Å²) in [5, 5.41) is 3.55. The zero-order valence-electron chi connectivity index (χ0n) is 13.2. The molecule has 3 rings (SSSR count). The SMILES string of the molecule is COc1ccc(CC(=O)Nc2sc(-c3ccncc3)cc2N)cc1. The van der Waals surface area contributed by atoms with E-state index < -0.39 is 0 Å². The van der Waals surface area contributed by atoms with Crippen LogP contribution in [0.25, 0.3) is 10.4 Å². The lowest BCUT2D eigenvalue weighted by molar-refractivity contribution is -0.115. The predicted octanol–water partition coefficient (Wildman–Crippen LogP) is 3.58. The Morgan fingerprint density at radius 2 is 1.92 bits per heavy atom. The third kappa shape index (κ3) is 3.72. The first kappa shape index (κ1) is 16.0. The van der Waals surface area contributed by atoms with Crippen LogP contribution in [0.1, 0.15) is 5.56 Å². The summed E-state index contributed by atoms with van der Waals surface area (Å²) in [4.78, 5) is 17.2. The standard InChI is InChI=1S/C18H17N3O2S/c1-23-14-4-2-12(3-5-14)10-17(22)21-18-15(19)11-16(24-18)13-6-8-20-9-7-13/h2-9,11H,10,19H2,1H3,(H,21,22). The van der Waals surface area contributed by atoms with E-state index in [-0.39, 0.29) is 12.3 Å². The van der Waals surface area contributed by atoms with Crippen LogP contribution in [0, 0.1) is 0 Å². The number of aromatic nitrogens is 1. The van der Waals surface area contributed by atoms with Crippen LogP contribution in [0.4, 0.5) is 10.7 Å². The van der Waals surface area contributed by atoms with E-state index >= 15 is 0 Å². The van der Waals surface area contributed by atoms with Crippen LogP contribution in [0.5, 0.6) is 5.75 Å². The maximum atomic E-state index is 12.2. The molecular formula is C18H17N3O2S. The molecule has 122 valence electrons. The second-order valence-electron chi connectivity index (χ2n) is 5.20. The average molecular weight is 339 g/mol. The van der Waals surface area contributed by atoms with Crippen LogP contribution < -0.4 is 15.8 Å². The van der Waals surface area contributed by atoms with Crippen LogP contribution in [0.3, 0.4) is 0 Å². The molecule has 0 unspecified atom stereocenters. The van der Waals surface area contributed by atoms with Gasteiger partial charge < -0.3 is 15.8 Å². The number of nitrogens with one attached hydrogen (secondary N) is 1. The number of anilines is 2. The van der Waals surface area contributed by atoms with Gasteiger partial charge in [0.2, 0.25) is 5.91 Å². The van der Waals surface area contributed by atoms with Crippen molar-refractivity contribution in [2.75, 3.05) is 18.2 Å². The first-order valence-corrected chi connectivity index (χ1v) is 8.20. The molecular weight excluding hydrogens is 322 g/mol. The van der Waals surface area contributed by atoms with E-state index in [0.717, 1.165) is 21.8 Å². The molecule has 3 N–H and O–H groups in total. The van der Waals surface area contributed by atoms with Crippen molar-refractivity contribution < 1.29 is 9.53 Å². The molecule has 24 heavy (non-hydrogen) atoms. The Kier molecular flexibility index (Phi) is 4.77. The molecule has 0 saturated heterocycles. The second-order valence-corrected chi connectivity index (χ2v) is 6.26. The molecule has 0 aliphatic heterocycles. The van der Waals surface area contributed by atoms with E-state index in [1.807, 2.05) is 42.5 Å². The van der Waals surface area contributed by atoms with E-state index in [9.17, 15) is 4.79 Å². The number of ether oxygens (including phenoxy) is 1. The summed E-state index contributed by atoms with van der Waals surface area (Å²) in [6, 6.07) is 13.1. The molecule has 3 aromatic rings. The van der Waals surface area contributed by atoms with E-state index in [1.165, 1.54) is 11.3 Å². The molecule has 2 aromatic heterocycles. The number of nitrogen functional groups attached to an aromatic ring is 1. The van der Waals surface area contributed by atoms with E-state index in [0.29, 0.717) is 10.7 Å². The van der Waals surface area contributed by atoms with Gasteiger partial charge in [0, 0.05) is 17.3 Å². The Morgan fingerprint density at radius 1 is 1.21 bits per heavy atom. The number of thiophene rings is 1. The normalized spacial score (nSPS) is 10.4. The smallest absolute Gasteiger partial charge is 0.229 e. The molecule has 0 fully saturated rings. The molecule has 5 nitrogen and oxygen atoms in total. The minimum absolute atomic E-state index is 0.102. The van der Waals surface area contributed by atoms with Crippen molar-refractivity contribution >= 4 is 27.9 Å². The Hall–Kier alpha value is -2.86. The summed E-state index contributed by atoms with van der Waals surface area (Å²) >= 11 is 1.45. The molecule has 0 bridgehead atoms. The summed E-state index contributed by atoms with van der Waals surface area (Å²) in [6.45, 7) is 0. The Labute approximate surface area is 144 Å².